The van der Waals surface area contributed by atoms with Crippen LogP contribution in [0.4, 0.5) is 28.8 Å². The first-order valence-corrected chi connectivity index (χ1v) is 7.21. The third kappa shape index (κ3) is 3.55. The molecule has 0 saturated carbocycles. The van der Waals surface area contributed by atoms with E-state index in [1.165, 1.54) is 6.33 Å². The third-order valence-corrected chi connectivity index (χ3v) is 3.28. The number of aromatic nitrogens is 3. The van der Waals surface area contributed by atoms with Gasteiger partial charge in [-0.25, -0.2) is 15.0 Å². The summed E-state index contributed by atoms with van der Waals surface area (Å²) in [5.41, 5.74) is 0.336. The highest BCUT2D eigenvalue weighted by atomic mass is 35.5. The van der Waals surface area contributed by atoms with Gasteiger partial charge in [0.25, 0.3) is 0 Å². The van der Waals surface area contributed by atoms with Gasteiger partial charge in [0, 0.05) is 16.9 Å². The summed E-state index contributed by atoms with van der Waals surface area (Å²) in [7, 11) is 0. The van der Waals surface area contributed by atoms with E-state index in [9.17, 15) is 10.1 Å². The van der Waals surface area contributed by atoms with E-state index in [1.807, 2.05) is 0 Å². The maximum atomic E-state index is 11.5. The van der Waals surface area contributed by atoms with E-state index in [1.54, 1.807) is 48.7 Å². The SMILES string of the molecule is O=[N+]([O-])c1c(Nc2ccc(Cl)cc2)ncnc1Nc1ccccn1. The van der Waals surface area contributed by atoms with Crippen LogP contribution in [0.25, 0.3) is 0 Å². The van der Waals surface area contributed by atoms with Crippen molar-refractivity contribution >= 4 is 40.4 Å². The van der Waals surface area contributed by atoms with Crippen molar-refractivity contribution in [2.45, 2.75) is 0 Å². The largest absolute Gasteiger partial charge is 0.353 e. The monoisotopic (exact) mass is 342 g/mol. The molecule has 2 N–H and O–H groups in total. The maximum absolute atomic E-state index is 11.5. The Bertz CT molecular complexity index is 858. The van der Waals surface area contributed by atoms with Gasteiger partial charge in [-0.15, -0.1) is 0 Å². The Morgan fingerprint density at radius 2 is 1.67 bits per heavy atom. The predicted octanol–water partition coefficient (Wildman–Crippen LogP) is 3.92. The third-order valence-electron chi connectivity index (χ3n) is 3.02. The summed E-state index contributed by atoms with van der Waals surface area (Å²) in [6, 6.07) is 11.9. The summed E-state index contributed by atoms with van der Waals surface area (Å²) in [6.45, 7) is 0. The molecule has 0 fully saturated rings. The van der Waals surface area contributed by atoms with Crippen molar-refractivity contribution in [3.05, 3.63) is 70.1 Å². The molecule has 2 heterocycles. The molecule has 3 aromatic rings. The zero-order chi connectivity index (χ0) is 16.9. The molecule has 24 heavy (non-hydrogen) atoms. The van der Waals surface area contributed by atoms with E-state index < -0.39 is 4.92 Å². The molecule has 0 unspecified atom stereocenters. The molecule has 2 aromatic heterocycles. The molecule has 0 aliphatic heterocycles. The second kappa shape index (κ2) is 6.88. The normalized spacial score (nSPS) is 10.2. The van der Waals surface area contributed by atoms with Crippen LogP contribution in [0.3, 0.4) is 0 Å². The Morgan fingerprint density at radius 1 is 0.958 bits per heavy atom. The Kier molecular flexibility index (Phi) is 4.48. The summed E-state index contributed by atoms with van der Waals surface area (Å²) in [6.07, 6.45) is 2.80. The van der Waals surface area contributed by atoms with Crippen LogP contribution in [0.15, 0.2) is 55.0 Å². The zero-order valence-electron chi connectivity index (χ0n) is 12.2. The number of nitrogens with one attached hydrogen (secondary N) is 2. The van der Waals surface area contributed by atoms with E-state index in [0.717, 1.165) is 0 Å². The van der Waals surface area contributed by atoms with Gasteiger partial charge in [0.05, 0.1) is 4.92 Å². The van der Waals surface area contributed by atoms with Crippen molar-refractivity contribution in [3.63, 3.8) is 0 Å². The Hall–Kier alpha value is -3.26. The molecule has 3 rings (SSSR count). The summed E-state index contributed by atoms with van der Waals surface area (Å²) >= 11 is 5.83. The Balaban J connectivity index is 1.96. The van der Waals surface area contributed by atoms with E-state index in [-0.39, 0.29) is 17.3 Å². The first kappa shape index (κ1) is 15.6. The van der Waals surface area contributed by atoms with Crippen LogP contribution in [0, 0.1) is 10.1 Å². The van der Waals surface area contributed by atoms with Crippen molar-refractivity contribution in [2.24, 2.45) is 0 Å². The van der Waals surface area contributed by atoms with Crippen molar-refractivity contribution in [1.29, 1.82) is 0 Å². The van der Waals surface area contributed by atoms with Gasteiger partial charge >= 0.3 is 5.69 Å². The van der Waals surface area contributed by atoms with Gasteiger partial charge in [0.15, 0.2) is 0 Å². The van der Waals surface area contributed by atoms with Crippen LogP contribution in [-0.4, -0.2) is 19.9 Å². The topological polar surface area (TPSA) is 106 Å². The second-order valence-electron chi connectivity index (χ2n) is 4.65. The van der Waals surface area contributed by atoms with E-state index in [2.05, 4.69) is 25.6 Å². The van der Waals surface area contributed by atoms with Crippen LogP contribution < -0.4 is 10.6 Å². The zero-order valence-corrected chi connectivity index (χ0v) is 12.9. The fourth-order valence-electron chi connectivity index (χ4n) is 1.96. The fraction of sp³-hybridized carbons (Fsp3) is 0. The lowest BCUT2D eigenvalue weighted by molar-refractivity contribution is -0.383. The smallest absolute Gasteiger partial charge is 0.334 e. The van der Waals surface area contributed by atoms with Gasteiger partial charge in [-0.3, -0.25) is 10.1 Å². The standard InChI is InChI=1S/C15H11ClN6O2/c16-10-4-6-11(7-5-10)20-14-13(22(23)24)15(19-9-18-14)21-12-3-1-2-8-17-12/h1-9H,(H2,17,18,19,20,21). The number of benzene rings is 1. The highest BCUT2D eigenvalue weighted by Crippen LogP contribution is 2.32. The fourth-order valence-corrected chi connectivity index (χ4v) is 2.09. The average molecular weight is 343 g/mol. The minimum absolute atomic E-state index is 0.0464. The summed E-state index contributed by atoms with van der Waals surface area (Å²) in [5.74, 6) is 0.553. The number of anilines is 4. The molecule has 0 bridgehead atoms. The van der Waals surface area contributed by atoms with Crippen molar-refractivity contribution in [2.75, 3.05) is 10.6 Å². The first-order chi connectivity index (χ1) is 11.6. The summed E-state index contributed by atoms with van der Waals surface area (Å²) < 4.78 is 0. The van der Waals surface area contributed by atoms with Gasteiger partial charge < -0.3 is 10.6 Å². The second-order valence-corrected chi connectivity index (χ2v) is 5.08. The Labute approximate surface area is 141 Å². The molecule has 8 nitrogen and oxygen atoms in total. The van der Waals surface area contributed by atoms with Crippen LogP contribution >= 0.6 is 11.6 Å². The van der Waals surface area contributed by atoms with E-state index >= 15 is 0 Å². The maximum Gasteiger partial charge on any atom is 0.353 e. The molecule has 0 atom stereocenters. The van der Waals surface area contributed by atoms with Gasteiger partial charge in [-0.05, 0) is 36.4 Å². The minimum atomic E-state index is -0.552. The molecule has 0 amide bonds. The predicted molar refractivity (Wildman–Crippen MR) is 90.9 cm³/mol. The lowest BCUT2D eigenvalue weighted by Gasteiger charge is -2.09. The van der Waals surface area contributed by atoms with Gasteiger partial charge in [0.1, 0.15) is 12.1 Å². The molecule has 0 aliphatic rings. The molecule has 120 valence electrons. The highest BCUT2D eigenvalue weighted by Gasteiger charge is 2.23. The van der Waals surface area contributed by atoms with Gasteiger partial charge in [-0.2, -0.15) is 0 Å². The lowest BCUT2D eigenvalue weighted by atomic mass is 10.3. The molecule has 0 aliphatic carbocycles. The number of hydrogen-bond donors (Lipinski definition) is 2. The Morgan fingerprint density at radius 3 is 2.29 bits per heavy atom. The molecule has 0 radical (unpaired) electrons. The number of hydrogen-bond acceptors (Lipinski definition) is 7. The van der Waals surface area contributed by atoms with Crippen LogP contribution in [0.5, 0.6) is 0 Å². The quantitative estimate of drug-likeness (QED) is 0.534. The first-order valence-electron chi connectivity index (χ1n) is 6.83. The van der Waals surface area contributed by atoms with Crippen molar-refractivity contribution in [1.82, 2.24) is 15.0 Å². The average Bonchev–Trinajstić information content (AvgIpc) is 2.58. The van der Waals surface area contributed by atoms with Crippen molar-refractivity contribution in [3.8, 4) is 0 Å². The molecule has 9 heteroatoms. The number of nitro groups is 1. The molecular weight excluding hydrogens is 332 g/mol. The molecule has 0 saturated heterocycles. The number of rotatable bonds is 5. The summed E-state index contributed by atoms with van der Waals surface area (Å²) in [5, 5.41) is 17.8. The van der Waals surface area contributed by atoms with E-state index in [0.29, 0.717) is 16.5 Å². The molecule has 1 aromatic carbocycles. The van der Waals surface area contributed by atoms with E-state index in [4.69, 9.17) is 11.6 Å². The van der Waals surface area contributed by atoms with Gasteiger partial charge in [-0.1, -0.05) is 17.7 Å². The van der Waals surface area contributed by atoms with Gasteiger partial charge in [0.2, 0.25) is 11.6 Å². The van der Waals surface area contributed by atoms with Crippen LogP contribution in [0.1, 0.15) is 0 Å². The number of halogens is 1. The molecular formula is C15H11ClN6O2. The summed E-state index contributed by atoms with van der Waals surface area (Å²) in [4.78, 5) is 22.9. The minimum Gasteiger partial charge on any atom is -0.334 e. The lowest BCUT2D eigenvalue weighted by Crippen LogP contribution is -2.06. The van der Waals surface area contributed by atoms with Crippen molar-refractivity contribution < 1.29 is 4.92 Å². The molecule has 0 spiro atoms. The highest BCUT2D eigenvalue weighted by molar-refractivity contribution is 6.30. The number of nitrogens with zero attached hydrogens (tertiary/aromatic N) is 4. The van der Waals surface area contributed by atoms with Crippen LogP contribution in [-0.2, 0) is 0 Å². The van der Waals surface area contributed by atoms with Crippen LogP contribution in [0.2, 0.25) is 5.02 Å². The number of pyridine rings is 1.